The third kappa shape index (κ3) is 3.86. The van der Waals surface area contributed by atoms with E-state index in [1.807, 2.05) is 30.3 Å². The van der Waals surface area contributed by atoms with Crippen molar-refractivity contribution in [2.75, 3.05) is 11.9 Å². The molecule has 1 fully saturated rings. The molecular weight excluding hydrogens is 456 g/mol. The molecule has 7 heteroatoms. The van der Waals surface area contributed by atoms with Crippen molar-refractivity contribution in [3.63, 3.8) is 0 Å². The Morgan fingerprint density at radius 3 is 2.58 bits per heavy atom. The number of amides is 1. The number of fused-ring (bicyclic) bond motifs is 3. The predicted molar refractivity (Wildman–Crippen MR) is 131 cm³/mol. The van der Waals surface area contributed by atoms with Crippen LogP contribution in [-0.4, -0.2) is 31.2 Å². The molecule has 5 nitrogen and oxygen atoms in total. The summed E-state index contributed by atoms with van der Waals surface area (Å²) in [4.78, 5) is 13.4. The molecular formula is C26H25ClN2O3S. The van der Waals surface area contributed by atoms with Crippen LogP contribution in [0.25, 0.3) is 11.1 Å². The highest BCUT2D eigenvalue weighted by molar-refractivity contribution is 7.89. The molecule has 0 spiro atoms. The lowest BCUT2D eigenvalue weighted by Gasteiger charge is -2.24. The van der Waals surface area contributed by atoms with Gasteiger partial charge in [-0.15, -0.1) is 0 Å². The molecule has 33 heavy (non-hydrogen) atoms. The standard InChI is InChI=1S/C26H25ClN2O3S/c1-16-13-25(17(2)12-23(16)27)33(31,32)29-11-5-8-24(29)26(30)28-20-10-9-19-14-18-6-3-4-7-21(18)22(19)15-20/h3-4,6-7,9-10,12-13,15,24H,5,8,11,14H2,1-2H3,(H,28,30)/t24-/m1/s1. The Kier molecular flexibility index (Phi) is 5.55. The maximum atomic E-state index is 13.5. The third-order valence-electron chi connectivity index (χ3n) is 6.62. The molecule has 1 atom stereocenters. The van der Waals surface area contributed by atoms with Crippen LogP contribution in [0.3, 0.4) is 0 Å². The minimum atomic E-state index is -3.83. The number of nitrogens with zero attached hydrogens (tertiary/aromatic N) is 1. The van der Waals surface area contributed by atoms with Crippen LogP contribution < -0.4 is 5.32 Å². The number of carbonyl (C=O) groups excluding carboxylic acids is 1. The molecule has 0 bridgehead atoms. The molecule has 170 valence electrons. The topological polar surface area (TPSA) is 66.5 Å². The van der Waals surface area contributed by atoms with Crippen LogP contribution in [0.15, 0.2) is 59.5 Å². The van der Waals surface area contributed by atoms with E-state index in [1.165, 1.54) is 21.0 Å². The molecule has 1 heterocycles. The van der Waals surface area contributed by atoms with E-state index in [-0.39, 0.29) is 10.8 Å². The van der Waals surface area contributed by atoms with Crippen molar-refractivity contribution in [1.82, 2.24) is 4.31 Å². The summed E-state index contributed by atoms with van der Waals surface area (Å²) < 4.78 is 28.3. The second-order valence-electron chi connectivity index (χ2n) is 8.84. The lowest BCUT2D eigenvalue weighted by Crippen LogP contribution is -2.43. The van der Waals surface area contributed by atoms with Crippen molar-refractivity contribution in [2.45, 2.75) is 44.0 Å². The molecule has 1 aliphatic carbocycles. The van der Waals surface area contributed by atoms with Gasteiger partial charge < -0.3 is 5.32 Å². The maximum Gasteiger partial charge on any atom is 0.244 e. The van der Waals surface area contributed by atoms with Crippen molar-refractivity contribution in [3.8, 4) is 11.1 Å². The molecule has 3 aromatic carbocycles. The van der Waals surface area contributed by atoms with Gasteiger partial charge in [-0.1, -0.05) is 41.9 Å². The second kappa shape index (κ2) is 8.28. The third-order valence-corrected chi connectivity index (χ3v) is 9.07. The lowest BCUT2D eigenvalue weighted by atomic mass is 10.1. The average Bonchev–Trinajstić information content (AvgIpc) is 3.41. The van der Waals surface area contributed by atoms with Gasteiger partial charge >= 0.3 is 0 Å². The van der Waals surface area contributed by atoms with E-state index in [4.69, 9.17) is 11.6 Å². The summed E-state index contributed by atoms with van der Waals surface area (Å²) in [6, 6.07) is 16.7. The minimum absolute atomic E-state index is 0.207. The number of hydrogen-bond donors (Lipinski definition) is 1. The summed E-state index contributed by atoms with van der Waals surface area (Å²) in [7, 11) is -3.83. The summed E-state index contributed by atoms with van der Waals surface area (Å²) >= 11 is 6.16. The number of nitrogens with one attached hydrogen (secondary N) is 1. The van der Waals surface area contributed by atoms with Crippen molar-refractivity contribution in [1.29, 1.82) is 0 Å². The van der Waals surface area contributed by atoms with Crippen molar-refractivity contribution in [2.24, 2.45) is 0 Å². The van der Waals surface area contributed by atoms with Crippen LogP contribution in [0.5, 0.6) is 0 Å². The molecule has 0 radical (unpaired) electrons. The van der Waals surface area contributed by atoms with Crippen molar-refractivity contribution < 1.29 is 13.2 Å². The normalized spacial score (nSPS) is 17.6. The molecule has 0 unspecified atom stereocenters. The molecule has 1 amide bonds. The Labute approximate surface area is 199 Å². The molecule has 5 rings (SSSR count). The van der Waals surface area contributed by atoms with Crippen LogP contribution in [-0.2, 0) is 21.2 Å². The van der Waals surface area contributed by atoms with Gasteiger partial charge in [0.2, 0.25) is 15.9 Å². The van der Waals surface area contributed by atoms with E-state index in [2.05, 4.69) is 17.4 Å². The lowest BCUT2D eigenvalue weighted by molar-refractivity contribution is -0.119. The summed E-state index contributed by atoms with van der Waals surface area (Å²) in [5, 5.41) is 3.49. The van der Waals surface area contributed by atoms with Gasteiger partial charge in [0, 0.05) is 17.3 Å². The molecule has 0 saturated carbocycles. The van der Waals surface area contributed by atoms with Gasteiger partial charge in [0.25, 0.3) is 0 Å². The predicted octanol–water partition coefficient (Wildman–Crippen LogP) is 5.32. The summed E-state index contributed by atoms with van der Waals surface area (Å²) in [5.74, 6) is -0.300. The number of sulfonamides is 1. The number of anilines is 1. The molecule has 0 aromatic heterocycles. The van der Waals surface area contributed by atoms with Gasteiger partial charge in [0.15, 0.2) is 0 Å². The van der Waals surface area contributed by atoms with Crippen LogP contribution in [0.4, 0.5) is 5.69 Å². The Morgan fingerprint density at radius 2 is 1.76 bits per heavy atom. The second-order valence-corrected chi connectivity index (χ2v) is 11.1. The number of aryl methyl sites for hydroxylation is 2. The highest BCUT2D eigenvalue weighted by atomic mass is 35.5. The quantitative estimate of drug-likeness (QED) is 0.430. The first-order chi connectivity index (χ1) is 15.8. The first-order valence-electron chi connectivity index (χ1n) is 11.1. The highest BCUT2D eigenvalue weighted by Gasteiger charge is 2.40. The van der Waals surface area contributed by atoms with Gasteiger partial charge in [-0.3, -0.25) is 4.79 Å². The number of rotatable bonds is 4. The SMILES string of the molecule is Cc1cc(S(=O)(=O)N2CCC[C@@H]2C(=O)Nc2ccc3c(c2)-c2ccccc2C3)c(C)cc1Cl. The van der Waals surface area contributed by atoms with Gasteiger partial charge in [-0.2, -0.15) is 4.31 Å². The number of halogens is 1. The fourth-order valence-corrected chi connectivity index (χ4v) is 7.04. The Bertz CT molecular complexity index is 1380. The molecule has 1 aliphatic heterocycles. The summed E-state index contributed by atoms with van der Waals surface area (Å²) in [6.45, 7) is 3.83. The number of benzene rings is 3. The molecule has 3 aromatic rings. The van der Waals surface area contributed by atoms with E-state index >= 15 is 0 Å². The highest BCUT2D eigenvalue weighted by Crippen LogP contribution is 2.38. The zero-order valence-corrected chi connectivity index (χ0v) is 20.1. The molecule has 1 N–H and O–H groups in total. The Hall–Kier alpha value is -2.67. The van der Waals surface area contributed by atoms with E-state index in [0.29, 0.717) is 41.2 Å². The van der Waals surface area contributed by atoms with E-state index in [0.717, 1.165) is 12.0 Å². The van der Waals surface area contributed by atoms with Crippen LogP contribution >= 0.6 is 11.6 Å². The van der Waals surface area contributed by atoms with E-state index in [1.54, 1.807) is 26.0 Å². The van der Waals surface area contributed by atoms with Crippen LogP contribution in [0, 0.1) is 13.8 Å². The Morgan fingerprint density at radius 1 is 1.00 bits per heavy atom. The fourth-order valence-electron chi connectivity index (χ4n) is 4.88. The maximum absolute atomic E-state index is 13.5. The van der Waals surface area contributed by atoms with Crippen LogP contribution in [0.1, 0.15) is 35.1 Å². The van der Waals surface area contributed by atoms with Gasteiger partial charge in [-0.25, -0.2) is 8.42 Å². The zero-order chi connectivity index (χ0) is 23.3. The van der Waals surface area contributed by atoms with Gasteiger partial charge in [0.1, 0.15) is 6.04 Å². The minimum Gasteiger partial charge on any atom is -0.325 e. The number of carbonyl (C=O) groups is 1. The summed E-state index contributed by atoms with van der Waals surface area (Å²) in [5.41, 5.74) is 6.76. The summed E-state index contributed by atoms with van der Waals surface area (Å²) in [6.07, 6.45) is 2.01. The first kappa shape index (κ1) is 22.1. The molecule has 2 aliphatic rings. The van der Waals surface area contributed by atoms with Crippen molar-refractivity contribution >= 4 is 33.2 Å². The largest absolute Gasteiger partial charge is 0.325 e. The average molecular weight is 481 g/mol. The van der Waals surface area contributed by atoms with Crippen molar-refractivity contribution in [3.05, 3.63) is 81.9 Å². The van der Waals surface area contributed by atoms with Gasteiger partial charge in [-0.05, 0) is 90.8 Å². The first-order valence-corrected chi connectivity index (χ1v) is 12.9. The van der Waals surface area contributed by atoms with Crippen LogP contribution in [0.2, 0.25) is 5.02 Å². The Balaban J connectivity index is 1.40. The molecule has 1 saturated heterocycles. The zero-order valence-electron chi connectivity index (χ0n) is 18.6. The smallest absolute Gasteiger partial charge is 0.244 e. The van der Waals surface area contributed by atoms with Gasteiger partial charge in [0.05, 0.1) is 4.90 Å². The monoisotopic (exact) mass is 480 g/mol. The van der Waals surface area contributed by atoms with E-state index in [9.17, 15) is 13.2 Å². The van der Waals surface area contributed by atoms with E-state index < -0.39 is 16.1 Å². The number of hydrogen-bond acceptors (Lipinski definition) is 3. The fraction of sp³-hybridized carbons (Fsp3) is 0.269.